The zero-order valence-corrected chi connectivity index (χ0v) is 11.9. The van der Waals surface area contributed by atoms with Gasteiger partial charge in [-0.1, -0.05) is 11.6 Å². The normalized spacial score (nSPS) is 13.3. The second kappa shape index (κ2) is 5.58. The van der Waals surface area contributed by atoms with Gasteiger partial charge < -0.3 is 10.6 Å². The highest BCUT2D eigenvalue weighted by Gasteiger charge is 2.15. The van der Waals surface area contributed by atoms with Crippen molar-refractivity contribution in [3.05, 3.63) is 58.6 Å². The van der Waals surface area contributed by atoms with Gasteiger partial charge in [0.2, 0.25) is 5.91 Å². The molecular formula is C16H13ClN2O2. The van der Waals surface area contributed by atoms with Crippen LogP contribution in [0.2, 0.25) is 5.02 Å². The summed E-state index contributed by atoms with van der Waals surface area (Å²) < 4.78 is 0. The number of halogens is 1. The maximum absolute atomic E-state index is 12.1. The van der Waals surface area contributed by atoms with E-state index >= 15 is 0 Å². The van der Waals surface area contributed by atoms with Gasteiger partial charge in [-0.25, -0.2) is 0 Å². The van der Waals surface area contributed by atoms with Crippen LogP contribution in [-0.2, 0) is 11.2 Å². The number of rotatable bonds is 2. The molecule has 21 heavy (non-hydrogen) atoms. The molecule has 2 aromatic rings. The van der Waals surface area contributed by atoms with E-state index in [1.807, 2.05) is 12.1 Å². The molecule has 1 heterocycles. The van der Waals surface area contributed by atoms with E-state index in [4.69, 9.17) is 11.6 Å². The van der Waals surface area contributed by atoms with Gasteiger partial charge in [0.1, 0.15) is 0 Å². The van der Waals surface area contributed by atoms with Crippen molar-refractivity contribution in [1.29, 1.82) is 0 Å². The van der Waals surface area contributed by atoms with Gasteiger partial charge in [-0.2, -0.15) is 0 Å². The number of amides is 2. The molecule has 0 spiro atoms. The van der Waals surface area contributed by atoms with Gasteiger partial charge in [-0.15, -0.1) is 0 Å². The number of benzene rings is 2. The lowest BCUT2D eigenvalue weighted by Crippen LogP contribution is -2.19. The largest absolute Gasteiger partial charge is 0.326 e. The van der Waals surface area contributed by atoms with E-state index < -0.39 is 0 Å². The predicted octanol–water partition coefficient (Wildman–Crippen LogP) is 3.48. The molecule has 3 rings (SSSR count). The van der Waals surface area contributed by atoms with Crippen molar-refractivity contribution >= 4 is 34.8 Å². The minimum atomic E-state index is -0.188. The number of hydrogen-bond acceptors (Lipinski definition) is 2. The van der Waals surface area contributed by atoms with Crippen molar-refractivity contribution < 1.29 is 9.59 Å². The highest BCUT2D eigenvalue weighted by Crippen LogP contribution is 2.26. The summed E-state index contributed by atoms with van der Waals surface area (Å²) in [5, 5.41) is 6.25. The lowest BCUT2D eigenvalue weighted by molar-refractivity contribution is -0.116. The first-order chi connectivity index (χ1) is 10.1. The van der Waals surface area contributed by atoms with Crippen LogP contribution in [0.3, 0.4) is 0 Å². The third kappa shape index (κ3) is 3.06. The van der Waals surface area contributed by atoms with Crippen LogP contribution >= 0.6 is 11.6 Å². The summed E-state index contributed by atoms with van der Waals surface area (Å²) in [6.07, 6.45) is 1.16. The summed E-state index contributed by atoms with van der Waals surface area (Å²) in [5.74, 6) is -0.160. The molecule has 0 saturated carbocycles. The molecule has 2 N–H and O–H groups in total. The fraction of sp³-hybridized carbons (Fsp3) is 0.125. The monoisotopic (exact) mass is 300 g/mol. The molecule has 1 aliphatic heterocycles. The maximum atomic E-state index is 12.1. The lowest BCUT2D eigenvalue weighted by Gasteiger charge is -2.17. The molecule has 0 radical (unpaired) electrons. The van der Waals surface area contributed by atoms with E-state index in [-0.39, 0.29) is 11.8 Å². The van der Waals surface area contributed by atoms with Crippen molar-refractivity contribution in [2.45, 2.75) is 12.8 Å². The summed E-state index contributed by atoms with van der Waals surface area (Å²) in [4.78, 5) is 23.4. The maximum Gasteiger partial charge on any atom is 0.255 e. The van der Waals surface area contributed by atoms with Crippen molar-refractivity contribution in [2.24, 2.45) is 0 Å². The van der Waals surface area contributed by atoms with Gasteiger partial charge >= 0.3 is 0 Å². The average molecular weight is 301 g/mol. The molecule has 5 heteroatoms. The lowest BCUT2D eigenvalue weighted by atomic mass is 10.0. The summed E-state index contributed by atoms with van der Waals surface area (Å²) >= 11 is 5.80. The smallest absolute Gasteiger partial charge is 0.255 e. The number of carbonyl (C=O) groups is 2. The third-order valence-electron chi connectivity index (χ3n) is 3.37. The molecule has 106 valence electrons. The number of anilines is 2. The molecule has 2 aromatic carbocycles. The fourth-order valence-corrected chi connectivity index (χ4v) is 2.39. The molecule has 0 fully saturated rings. The Morgan fingerprint density at radius 3 is 2.62 bits per heavy atom. The average Bonchev–Trinajstić information content (AvgIpc) is 2.48. The van der Waals surface area contributed by atoms with Crippen LogP contribution in [0.4, 0.5) is 11.4 Å². The second-order valence-electron chi connectivity index (χ2n) is 4.88. The van der Waals surface area contributed by atoms with Crippen molar-refractivity contribution in [3.63, 3.8) is 0 Å². The Labute approximate surface area is 127 Å². The Morgan fingerprint density at radius 2 is 1.86 bits per heavy atom. The Hall–Kier alpha value is -2.33. The molecule has 4 nitrogen and oxygen atoms in total. The minimum absolute atomic E-state index is 0.0282. The van der Waals surface area contributed by atoms with Gasteiger partial charge in [-0.3, -0.25) is 9.59 Å². The van der Waals surface area contributed by atoms with E-state index in [0.717, 1.165) is 11.3 Å². The van der Waals surface area contributed by atoms with Crippen molar-refractivity contribution in [2.75, 3.05) is 10.6 Å². The predicted molar refractivity (Wildman–Crippen MR) is 82.8 cm³/mol. The molecule has 0 aromatic heterocycles. The van der Waals surface area contributed by atoms with Gasteiger partial charge in [0.15, 0.2) is 0 Å². The van der Waals surface area contributed by atoms with Crippen molar-refractivity contribution in [1.82, 2.24) is 0 Å². The highest BCUT2D eigenvalue weighted by molar-refractivity contribution is 6.30. The summed E-state index contributed by atoms with van der Waals surface area (Å²) in [6.45, 7) is 0. The van der Waals surface area contributed by atoms with Gasteiger partial charge in [0, 0.05) is 28.4 Å². The molecule has 0 atom stereocenters. The first-order valence-corrected chi connectivity index (χ1v) is 6.99. The summed E-state index contributed by atoms with van der Waals surface area (Å²) in [6, 6.07) is 12.2. The van der Waals surface area contributed by atoms with Crippen LogP contribution in [0.15, 0.2) is 42.5 Å². The van der Waals surface area contributed by atoms with E-state index in [1.54, 1.807) is 30.3 Å². The van der Waals surface area contributed by atoms with E-state index in [2.05, 4.69) is 10.6 Å². The first kappa shape index (κ1) is 13.6. The Morgan fingerprint density at radius 1 is 1.10 bits per heavy atom. The zero-order valence-electron chi connectivity index (χ0n) is 11.2. The number of carbonyl (C=O) groups excluding carboxylic acids is 2. The molecule has 1 aliphatic rings. The molecular weight excluding hydrogens is 288 g/mol. The van der Waals surface area contributed by atoms with Crippen LogP contribution in [0, 0.1) is 0 Å². The number of nitrogens with one attached hydrogen (secondary N) is 2. The standard InChI is InChI=1S/C16H13ClN2O2/c17-12-4-1-10(2-5-12)16(21)18-13-6-7-14-11(9-13)3-8-15(20)19-14/h1-2,4-7,9H,3,8H2,(H,18,21)(H,19,20). The second-order valence-corrected chi connectivity index (χ2v) is 5.32. The van der Waals surface area contributed by atoms with Gasteiger partial charge in [0.05, 0.1) is 0 Å². The van der Waals surface area contributed by atoms with E-state index in [1.165, 1.54) is 0 Å². The van der Waals surface area contributed by atoms with Crippen LogP contribution in [-0.4, -0.2) is 11.8 Å². The number of fused-ring (bicyclic) bond motifs is 1. The Kier molecular flexibility index (Phi) is 3.62. The van der Waals surface area contributed by atoms with Crippen LogP contribution in [0.1, 0.15) is 22.3 Å². The Bertz CT molecular complexity index is 711. The van der Waals surface area contributed by atoms with Crippen LogP contribution in [0.5, 0.6) is 0 Å². The molecule has 0 saturated heterocycles. The van der Waals surface area contributed by atoms with Crippen molar-refractivity contribution in [3.8, 4) is 0 Å². The fourth-order valence-electron chi connectivity index (χ4n) is 2.27. The summed E-state index contributed by atoms with van der Waals surface area (Å²) in [5.41, 5.74) is 3.11. The number of hydrogen-bond donors (Lipinski definition) is 2. The third-order valence-corrected chi connectivity index (χ3v) is 3.62. The van der Waals surface area contributed by atoms with Crippen LogP contribution < -0.4 is 10.6 Å². The zero-order chi connectivity index (χ0) is 14.8. The molecule has 0 aliphatic carbocycles. The Balaban J connectivity index is 1.77. The van der Waals surface area contributed by atoms with Gasteiger partial charge in [-0.05, 0) is 54.4 Å². The van der Waals surface area contributed by atoms with Gasteiger partial charge in [0.25, 0.3) is 5.91 Å². The van der Waals surface area contributed by atoms with Crippen LogP contribution in [0.25, 0.3) is 0 Å². The number of aryl methyl sites for hydroxylation is 1. The first-order valence-electron chi connectivity index (χ1n) is 6.61. The molecule has 2 amide bonds. The topological polar surface area (TPSA) is 58.2 Å². The molecule has 0 bridgehead atoms. The summed E-state index contributed by atoms with van der Waals surface area (Å²) in [7, 11) is 0. The molecule has 0 unspecified atom stereocenters. The minimum Gasteiger partial charge on any atom is -0.326 e. The van der Waals surface area contributed by atoms with E-state index in [0.29, 0.717) is 29.1 Å². The SMILES string of the molecule is O=C1CCc2cc(NC(=O)c3ccc(Cl)cc3)ccc2N1. The quantitative estimate of drug-likeness (QED) is 0.892. The van der Waals surface area contributed by atoms with E-state index in [9.17, 15) is 9.59 Å². The highest BCUT2D eigenvalue weighted by atomic mass is 35.5.